The number of carbonyl (C=O) groups is 3. The molecule has 23 heavy (non-hydrogen) atoms. The van der Waals surface area contributed by atoms with Crippen molar-refractivity contribution in [1.82, 2.24) is 0 Å². The first-order valence-corrected chi connectivity index (χ1v) is 8.27. The molecule has 1 aromatic rings. The SMILES string of the molecule is CCCCCCCCCC(=O)N1C(=O)C(=O)c2cc(F)ccc21. The van der Waals surface area contributed by atoms with Crippen LogP contribution in [0.4, 0.5) is 10.1 Å². The minimum atomic E-state index is -0.876. The maximum Gasteiger partial charge on any atom is 0.306 e. The quantitative estimate of drug-likeness (QED) is 0.537. The Labute approximate surface area is 135 Å². The summed E-state index contributed by atoms with van der Waals surface area (Å²) in [7, 11) is 0. The van der Waals surface area contributed by atoms with Crippen molar-refractivity contribution in [3.8, 4) is 0 Å². The molecule has 0 saturated carbocycles. The van der Waals surface area contributed by atoms with Gasteiger partial charge in [-0.2, -0.15) is 0 Å². The number of Topliss-reactive ketones (excluding diaryl/α,β-unsaturated/α-hetero) is 1. The van der Waals surface area contributed by atoms with Gasteiger partial charge in [-0.3, -0.25) is 14.4 Å². The molecule has 1 aromatic carbocycles. The Morgan fingerprint density at radius 3 is 2.39 bits per heavy atom. The van der Waals surface area contributed by atoms with E-state index >= 15 is 0 Å². The van der Waals surface area contributed by atoms with Crippen LogP contribution < -0.4 is 4.90 Å². The van der Waals surface area contributed by atoms with Gasteiger partial charge in [-0.1, -0.05) is 45.4 Å². The second-order valence-corrected chi connectivity index (χ2v) is 5.90. The number of amides is 2. The van der Waals surface area contributed by atoms with E-state index < -0.39 is 17.5 Å². The van der Waals surface area contributed by atoms with Crippen LogP contribution in [0.1, 0.15) is 68.6 Å². The average molecular weight is 319 g/mol. The Balaban J connectivity index is 1.88. The molecule has 1 heterocycles. The molecule has 0 N–H and O–H groups in total. The van der Waals surface area contributed by atoms with E-state index in [1.807, 2.05) is 0 Å². The van der Waals surface area contributed by atoms with Crippen molar-refractivity contribution in [1.29, 1.82) is 0 Å². The molecule has 2 amide bonds. The molecule has 0 atom stereocenters. The Bertz CT molecular complexity index is 612. The van der Waals surface area contributed by atoms with Crippen LogP contribution in [0.25, 0.3) is 0 Å². The van der Waals surface area contributed by atoms with E-state index in [1.165, 1.54) is 25.3 Å². The van der Waals surface area contributed by atoms with Gasteiger partial charge in [0.05, 0.1) is 11.3 Å². The largest absolute Gasteiger partial charge is 0.306 e. The monoisotopic (exact) mass is 319 g/mol. The minimum Gasteiger partial charge on any atom is -0.283 e. The number of imide groups is 1. The number of ketones is 1. The lowest BCUT2D eigenvalue weighted by atomic mass is 10.1. The van der Waals surface area contributed by atoms with Crippen molar-refractivity contribution in [2.75, 3.05) is 4.90 Å². The van der Waals surface area contributed by atoms with E-state index in [0.717, 1.165) is 36.3 Å². The van der Waals surface area contributed by atoms with E-state index in [2.05, 4.69) is 6.92 Å². The molecule has 0 fully saturated rings. The van der Waals surface area contributed by atoms with Gasteiger partial charge < -0.3 is 0 Å². The fourth-order valence-corrected chi connectivity index (χ4v) is 2.80. The summed E-state index contributed by atoms with van der Waals surface area (Å²) in [6.07, 6.45) is 7.72. The summed E-state index contributed by atoms with van der Waals surface area (Å²) in [4.78, 5) is 36.9. The summed E-state index contributed by atoms with van der Waals surface area (Å²) in [6, 6.07) is 3.48. The molecule has 1 aliphatic heterocycles. The van der Waals surface area contributed by atoms with Crippen molar-refractivity contribution in [3.05, 3.63) is 29.6 Å². The first-order valence-electron chi connectivity index (χ1n) is 8.27. The minimum absolute atomic E-state index is 0.0251. The van der Waals surface area contributed by atoms with Crippen molar-refractivity contribution in [2.45, 2.75) is 58.3 Å². The summed E-state index contributed by atoms with van der Waals surface area (Å²) >= 11 is 0. The highest BCUT2D eigenvalue weighted by Gasteiger charge is 2.39. The zero-order valence-electron chi connectivity index (χ0n) is 13.4. The number of fused-ring (bicyclic) bond motifs is 1. The fourth-order valence-electron chi connectivity index (χ4n) is 2.80. The highest BCUT2D eigenvalue weighted by atomic mass is 19.1. The molecule has 0 saturated heterocycles. The van der Waals surface area contributed by atoms with Crippen LogP contribution >= 0.6 is 0 Å². The van der Waals surface area contributed by atoms with Crippen molar-refractivity contribution >= 4 is 23.3 Å². The standard InChI is InChI=1S/C18H22FNO3/c1-2-3-4-5-6-7-8-9-16(21)20-15-11-10-13(19)12-14(15)17(22)18(20)23/h10-12H,2-9H2,1H3. The summed E-state index contributed by atoms with van der Waals surface area (Å²) in [5.74, 6) is -2.67. The first kappa shape index (κ1) is 17.3. The number of rotatable bonds is 8. The van der Waals surface area contributed by atoms with Crippen LogP contribution in [-0.2, 0) is 9.59 Å². The smallest absolute Gasteiger partial charge is 0.283 e. The lowest BCUT2D eigenvalue weighted by Crippen LogP contribution is -2.35. The lowest BCUT2D eigenvalue weighted by molar-refractivity contribution is -0.124. The topological polar surface area (TPSA) is 54.5 Å². The summed E-state index contributed by atoms with van der Waals surface area (Å²) in [6.45, 7) is 2.16. The maximum absolute atomic E-state index is 13.2. The molecule has 0 aliphatic carbocycles. The van der Waals surface area contributed by atoms with Crippen LogP contribution in [0.2, 0.25) is 0 Å². The van der Waals surface area contributed by atoms with Crippen LogP contribution in [0, 0.1) is 5.82 Å². The first-order chi connectivity index (χ1) is 11.1. The van der Waals surface area contributed by atoms with Gasteiger partial charge in [0.1, 0.15) is 5.82 Å². The number of unbranched alkanes of at least 4 members (excludes halogenated alkanes) is 6. The van der Waals surface area contributed by atoms with Gasteiger partial charge in [0.25, 0.3) is 5.78 Å². The van der Waals surface area contributed by atoms with Crippen molar-refractivity contribution in [2.24, 2.45) is 0 Å². The van der Waals surface area contributed by atoms with Crippen molar-refractivity contribution in [3.63, 3.8) is 0 Å². The van der Waals surface area contributed by atoms with Gasteiger partial charge in [0.15, 0.2) is 0 Å². The number of carbonyl (C=O) groups excluding carboxylic acids is 3. The van der Waals surface area contributed by atoms with Gasteiger partial charge in [-0.15, -0.1) is 0 Å². The zero-order valence-corrected chi connectivity index (χ0v) is 13.4. The molecule has 5 heteroatoms. The van der Waals surface area contributed by atoms with E-state index in [0.29, 0.717) is 6.42 Å². The van der Waals surface area contributed by atoms with Gasteiger partial charge in [0, 0.05) is 6.42 Å². The van der Waals surface area contributed by atoms with Gasteiger partial charge in [-0.05, 0) is 24.6 Å². The Morgan fingerprint density at radius 1 is 1.04 bits per heavy atom. The number of anilines is 1. The van der Waals surface area contributed by atoms with E-state index in [9.17, 15) is 18.8 Å². The number of hydrogen-bond acceptors (Lipinski definition) is 3. The zero-order chi connectivity index (χ0) is 16.8. The molecule has 0 unspecified atom stereocenters. The van der Waals surface area contributed by atoms with Gasteiger partial charge in [-0.25, -0.2) is 9.29 Å². The summed E-state index contributed by atoms with van der Waals surface area (Å²) < 4.78 is 13.2. The third-order valence-electron chi connectivity index (χ3n) is 4.09. The van der Waals surface area contributed by atoms with Crippen molar-refractivity contribution < 1.29 is 18.8 Å². The predicted octanol–water partition coefficient (Wildman–Crippen LogP) is 4.02. The molecular weight excluding hydrogens is 297 g/mol. The molecule has 1 aliphatic rings. The van der Waals surface area contributed by atoms with Crippen LogP contribution in [0.5, 0.6) is 0 Å². The molecule has 0 radical (unpaired) electrons. The molecule has 2 rings (SSSR count). The third-order valence-corrected chi connectivity index (χ3v) is 4.09. The van der Waals surface area contributed by atoms with E-state index in [-0.39, 0.29) is 23.6 Å². The number of hydrogen-bond donors (Lipinski definition) is 0. The number of halogens is 1. The molecule has 0 spiro atoms. The van der Waals surface area contributed by atoms with Crippen LogP contribution in [0.3, 0.4) is 0 Å². The summed E-state index contributed by atoms with van der Waals surface area (Å²) in [5.41, 5.74) is 0.178. The van der Waals surface area contributed by atoms with Crippen LogP contribution in [-0.4, -0.2) is 17.6 Å². The third kappa shape index (κ3) is 4.03. The van der Waals surface area contributed by atoms with Gasteiger partial charge >= 0.3 is 5.91 Å². The number of benzene rings is 1. The Hall–Kier alpha value is -2.04. The normalized spacial score (nSPS) is 13.6. The summed E-state index contributed by atoms with van der Waals surface area (Å²) in [5, 5.41) is 0. The molecule has 0 bridgehead atoms. The van der Waals surface area contributed by atoms with E-state index in [4.69, 9.17) is 0 Å². The second kappa shape index (κ2) is 7.99. The molecule has 4 nitrogen and oxygen atoms in total. The predicted molar refractivity (Wildman–Crippen MR) is 85.8 cm³/mol. The Morgan fingerprint density at radius 2 is 1.70 bits per heavy atom. The van der Waals surface area contributed by atoms with Crippen LogP contribution in [0.15, 0.2) is 18.2 Å². The fraction of sp³-hybridized carbons (Fsp3) is 0.500. The average Bonchev–Trinajstić information content (AvgIpc) is 2.78. The molecule has 124 valence electrons. The highest BCUT2D eigenvalue weighted by Crippen LogP contribution is 2.30. The number of nitrogens with zero attached hydrogens (tertiary/aromatic N) is 1. The molecular formula is C18H22FNO3. The highest BCUT2D eigenvalue weighted by molar-refractivity contribution is 6.56. The van der Waals surface area contributed by atoms with Gasteiger partial charge in [0.2, 0.25) is 5.91 Å². The second-order valence-electron chi connectivity index (χ2n) is 5.90. The molecule has 0 aromatic heterocycles. The van der Waals surface area contributed by atoms with E-state index in [1.54, 1.807) is 0 Å². The lowest BCUT2D eigenvalue weighted by Gasteiger charge is -2.14. The Kier molecular flexibility index (Phi) is 6.02. The maximum atomic E-state index is 13.2.